The van der Waals surface area contributed by atoms with Crippen LogP contribution >= 0.6 is 11.8 Å². The quantitative estimate of drug-likeness (QED) is 0.296. The van der Waals surface area contributed by atoms with E-state index in [9.17, 15) is 41.0 Å². The number of aromatic hydroxyl groups is 1. The number of halogens is 6. The van der Waals surface area contributed by atoms with E-state index in [1.807, 2.05) is 0 Å². The van der Waals surface area contributed by atoms with Crippen LogP contribution in [0.2, 0.25) is 0 Å². The Balaban J connectivity index is 1.75. The first-order chi connectivity index (χ1) is 17.1. The van der Waals surface area contributed by atoms with Gasteiger partial charge in [-0.2, -0.15) is 26.3 Å². The molecule has 12 heteroatoms. The molecule has 0 unspecified atom stereocenters. The lowest BCUT2D eigenvalue weighted by Crippen LogP contribution is -2.24. The molecule has 1 aliphatic heterocycles. The molecular weight excluding hydrogens is 524 g/mol. The van der Waals surface area contributed by atoms with E-state index in [2.05, 4.69) is 0 Å². The third kappa shape index (κ3) is 3.81. The fourth-order valence-corrected chi connectivity index (χ4v) is 5.46. The minimum atomic E-state index is -4.75. The van der Waals surface area contributed by atoms with Crippen molar-refractivity contribution in [3.05, 3.63) is 91.7 Å². The lowest BCUT2D eigenvalue weighted by Gasteiger charge is -2.21. The first-order valence-electron chi connectivity index (χ1n) is 10.6. The van der Waals surface area contributed by atoms with Gasteiger partial charge < -0.3 is 9.52 Å². The van der Waals surface area contributed by atoms with Crippen molar-refractivity contribution in [2.45, 2.75) is 41.4 Å². The van der Waals surface area contributed by atoms with Crippen LogP contribution in [0.4, 0.5) is 26.3 Å². The van der Waals surface area contributed by atoms with E-state index in [1.54, 1.807) is 13.8 Å². The molecule has 0 spiro atoms. The van der Waals surface area contributed by atoms with Crippen LogP contribution in [0.1, 0.15) is 36.2 Å². The molecule has 1 N–H and O–H groups in total. The predicted octanol–water partition coefficient (Wildman–Crippen LogP) is 6.48. The van der Waals surface area contributed by atoms with Gasteiger partial charge in [-0.3, -0.25) is 9.36 Å². The summed E-state index contributed by atoms with van der Waals surface area (Å²) in [6, 6.07) is 8.53. The number of fused-ring (bicyclic) bond motifs is 4. The summed E-state index contributed by atoms with van der Waals surface area (Å²) in [6.07, 6.45) is -9.37. The molecule has 0 bridgehead atoms. The Kier molecular flexibility index (Phi) is 5.35. The van der Waals surface area contributed by atoms with Gasteiger partial charge in [-0.05, 0) is 35.9 Å². The molecule has 0 saturated carbocycles. The molecule has 5 nitrogen and oxygen atoms in total. The predicted molar refractivity (Wildman–Crippen MR) is 122 cm³/mol. The first-order valence-corrected chi connectivity index (χ1v) is 11.5. The van der Waals surface area contributed by atoms with Gasteiger partial charge in [0, 0.05) is 22.1 Å². The smallest absolute Gasteiger partial charge is 0.417 e. The number of pyridine rings is 1. The van der Waals surface area contributed by atoms with Gasteiger partial charge in [0.15, 0.2) is 5.75 Å². The van der Waals surface area contributed by atoms with E-state index in [1.165, 1.54) is 12.1 Å². The Hall–Kier alpha value is -3.67. The molecule has 0 amide bonds. The highest BCUT2D eigenvalue weighted by molar-refractivity contribution is 7.99. The number of benzene rings is 2. The summed E-state index contributed by atoms with van der Waals surface area (Å²) in [7, 11) is 0. The molecule has 192 valence electrons. The highest BCUT2D eigenvalue weighted by Gasteiger charge is 2.41. The Labute approximate surface area is 208 Å². The molecule has 0 fully saturated rings. The molecule has 2 aromatic carbocycles. The largest absolute Gasteiger partial charge is 0.505 e. The van der Waals surface area contributed by atoms with Crippen molar-refractivity contribution in [1.29, 1.82) is 0 Å². The maximum atomic E-state index is 13.5. The summed E-state index contributed by atoms with van der Waals surface area (Å²) in [4.78, 5) is 25.2. The normalized spacial score (nSPS) is 14.6. The highest BCUT2D eigenvalue weighted by Crippen LogP contribution is 2.46. The zero-order chi connectivity index (χ0) is 27.1. The standard InChI is InChI=1S/C25H15F6NO4S/c1-23(2)13-9-11(24(26,27)28)7-8-14(13)32-17(23)10-15-18(21(32)34)19(33)20(22(35)36-15)37-16-6-4-3-5-12(16)25(29,30)31/h3-10,33H,1-2H3. The van der Waals surface area contributed by atoms with Gasteiger partial charge in [0.05, 0.1) is 16.8 Å². The van der Waals surface area contributed by atoms with Crippen molar-refractivity contribution in [2.75, 3.05) is 0 Å². The maximum Gasteiger partial charge on any atom is 0.417 e. The lowest BCUT2D eigenvalue weighted by atomic mass is 9.82. The molecular formula is C25H15F6NO4S. The third-order valence-electron chi connectivity index (χ3n) is 6.29. The van der Waals surface area contributed by atoms with E-state index in [0.717, 1.165) is 41.0 Å². The summed E-state index contributed by atoms with van der Waals surface area (Å²) in [5.41, 5.74) is -4.96. The monoisotopic (exact) mass is 539 g/mol. The van der Waals surface area contributed by atoms with E-state index >= 15 is 0 Å². The van der Waals surface area contributed by atoms with Crippen LogP contribution in [0.5, 0.6) is 5.75 Å². The lowest BCUT2D eigenvalue weighted by molar-refractivity contribution is -0.140. The van der Waals surface area contributed by atoms with Crippen LogP contribution in [0.15, 0.2) is 72.3 Å². The van der Waals surface area contributed by atoms with Crippen molar-refractivity contribution >= 4 is 22.7 Å². The van der Waals surface area contributed by atoms with E-state index in [-0.39, 0.29) is 22.5 Å². The molecule has 4 aromatic rings. The molecule has 0 saturated heterocycles. The third-order valence-corrected chi connectivity index (χ3v) is 7.44. The number of aromatic nitrogens is 1. The zero-order valence-corrected chi connectivity index (χ0v) is 19.7. The summed E-state index contributed by atoms with van der Waals surface area (Å²) >= 11 is 0.292. The minimum absolute atomic E-state index is 0.141. The average Bonchev–Trinajstić information content (AvgIpc) is 3.02. The van der Waals surface area contributed by atoms with Gasteiger partial charge in [0.1, 0.15) is 15.9 Å². The molecule has 37 heavy (non-hydrogen) atoms. The van der Waals surface area contributed by atoms with E-state index in [0.29, 0.717) is 11.8 Å². The van der Waals surface area contributed by atoms with Crippen molar-refractivity contribution in [3.63, 3.8) is 0 Å². The molecule has 1 aliphatic rings. The second-order valence-corrected chi connectivity index (χ2v) is 9.98. The van der Waals surface area contributed by atoms with Gasteiger partial charge in [-0.15, -0.1) is 0 Å². The average molecular weight is 539 g/mol. The SMILES string of the molecule is CC1(C)c2cc(C(F)(F)F)ccc2-n2c1cc1oc(=O)c(Sc3ccccc3C(F)(F)F)c(O)c1c2=O. The Bertz CT molecular complexity index is 1720. The molecule has 2 aromatic heterocycles. The van der Waals surface area contributed by atoms with Crippen molar-refractivity contribution in [2.24, 2.45) is 0 Å². The number of nitrogens with zero attached hydrogens (tertiary/aromatic N) is 1. The summed E-state index contributed by atoms with van der Waals surface area (Å²) in [6.45, 7) is 3.18. The van der Waals surface area contributed by atoms with Crippen LogP contribution in [0.3, 0.4) is 0 Å². The van der Waals surface area contributed by atoms with Gasteiger partial charge >= 0.3 is 18.0 Å². The molecule has 0 aliphatic carbocycles. The van der Waals surface area contributed by atoms with E-state index in [4.69, 9.17) is 4.42 Å². The fraction of sp³-hybridized carbons (Fsp3) is 0.200. The second-order valence-electron chi connectivity index (χ2n) is 8.93. The number of hydrogen-bond acceptors (Lipinski definition) is 5. The van der Waals surface area contributed by atoms with E-state index < -0.39 is 61.0 Å². The number of hydrogen-bond donors (Lipinski definition) is 1. The molecule has 5 rings (SSSR count). The molecule has 3 heterocycles. The number of alkyl halides is 6. The van der Waals surface area contributed by atoms with Crippen molar-refractivity contribution in [3.8, 4) is 11.4 Å². The van der Waals surface area contributed by atoms with Crippen LogP contribution in [-0.4, -0.2) is 9.67 Å². The van der Waals surface area contributed by atoms with Crippen LogP contribution in [0, 0.1) is 0 Å². The van der Waals surface area contributed by atoms with Crippen molar-refractivity contribution < 1.29 is 35.9 Å². The molecule has 0 atom stereocenters. The van der Waals surface area contributed by atoms with Gasteiger partial charge in [-0.25, -0.2) is 4.79 Å². The van der Waals surface area contributed by atoms with Crippen molar-refractivity contribution in [1.82, 2.24) is 4.57 Å². The van der Waals surface area contributed by atoms with Gasteiger partial charge in [-0.1, -0.05) is 37.7 Å². The van der Waals surface area contributed by atoms with Crippen LogP contribution < -0.4 is 11.2 Å². The topological polar surface area (TPSA) is 72.4 Å². The minimum Gasteiger partial charge on any atom is -0.505 e. The number of rotatable bonds is 2. The highest BCUT2D eigenvalue weighted by atomic mass is 32.2. The Morgan fingerprint density at radius 2 is 1.62 bits per heavy atom. The maximum absolute atomic E-state index is 13.5. The van der Waals surface area contributed by atoms with Gasteiger partial charge in [0.25, 0.3) is 5.56 Å². The zero-order valence-electron chi connectivity index (χ0n) is 18.9. The van der Waals surface area contributed by atoms with Crippen LogP contribution in [0.25, 0.3) is 16.7 Å². The van der Waals surface area contributed by atoms with Crippen LogP contribution in [-0.2, 0) is 17.8 Å². The summed E-state index contributed by atoms with van der Waals surface area (Å²) < 4.78 is 86.7. The second kappa shape index (κ2) is 7.91. The Morgan fingerprint density at radius 1 is 0.946 bits per heavy atom. The summed E-state index contributed by atoms with van der Waals surface area (Å²) in [5.74, 6) is -0.883. The first kappa shape index (κ1) is 25.0. The Morgan fingerprint density at radius 3 is 2.27 bits per heavy atom. The summed E-state index contributed by atoms with van der Waals surface area (Å²) in [5, 5.41) is 10.4. The molecule has 0 radical (unpaired) electrons. The fourth-order valence-electron chi connectivity index (χ4n) is 4.48. The van der Waals surface area contributed by atoms with Gasteiger partial charge in [0.2, 0.25) is 0 Å².